The average Bonchev–Trinajstić information content (AvgIpc) is 2.19. The summed E-state index contributed by atoms with van der Waals surface area (Å²) in [7, 11) is 0. The van der Waals surface area contributed by atoms with Crippen molar-refractivity contribution < 1.29 is 35.6 Å². The standard InChI is InChI=1S/C13H10N.La/c1-11-6-5-9-13(14-11)10-12-7-3-2-4-8-12;/h1-7,9H,10H2;/q-1;. The van der Waals surface area contributed by atoms with Gasteiger partial charge >= 0.3 is 0 Å². The minimum Gasteiger partial charge on any atom is -0.257 e. The summed E-state index contributed by atoms with van der Waals surface area (Å²) in [5.74, 6) is 0. The Kier molecular flexibility index (Phi) is 5.23. The maximum Gasteiger partial charge on any atom is 0.0451 e. The zero-order valence-corrected chi connectivity index (χ0v) is 12.0. The summed E-state index contributed by atoms with van der Waals surface area (Å²) in [6, 6.07) is 16.7. The number of aromatic nitrogens is 1. The van der Waals surface area contributed by atoms with E-state index in [2.05, 4.69) is 11.1 Å². The van der Waals surface area contributed by atoms with Crippen molar-refractivity contribution >= 4 is 0 Å². The van der Waals surface area contributed by atoms with Gasteiger partial charge in [-0.05, 0) is 18.6 Å². The van der Waals surface area contributed by atoms with E-state index in [1.165, 1.54) is 0 Å². The number of hydrogen-bond donors (Lipinski definition) is 0. The zero-order chi connectivity index (χ0) is 9.80. The molecule has 3 radical (unpaired) electrons. The average molecular weight is 319 g/mol. The zero-order valence-electron chi connectivity index (χ0n) is 8.35. The van der Waals surface area contributed by atoms with E-state index < -0.39 is 0 Å². The predicted molar refractivity (Wildman–Crippen MR) is 55.7 cm³/mol. The van der Waals surface area contributed by atoms with Crippen LogP contribution in [-0.4, -0.2) is 4.98 Å². The molecule has 0 spiro atoms. The van der Waals surface area contributed by atoms with Crippen LogP contribution >= 0.6 is 0 Å². The molecule has 0 aliphatic carbocycles. The van der Waals surface area contributed by atoms with Crippen LogP contribution in [0, 0.1) is 48.6 Å². The first-order valence-electron chi connectivity index (χ1n) is 4.51. The minimum absolute atomic E-state index is 0. The van der Waals surface area contributed by atoms with E-state index in [4.69, 9.17) is 6.92 Å². The Morgan fingerprint density at radius 1 is 1.13 bits per heavy atom. The van der Waals surface area contributed by atoms with Crippen LogP contribution in [0.4, 0.5) is 0 Å². The molecule has 15 heavy (non-hydrogen) atoms. The van der Waals surface area contributed by atoms with Gasteiger partial charge in [0.1, 0.15) is 0 Å². The van der Waals surface area contributed by atoms with Crippen LogP contribution in [-0.2, 0) is 6.42 Å². The fourth-order valence-corrected chi connectivity index (χ4v) is 1.33. The largest absolute Gasteiger partial charge is 0.257 e. The fraction of sp³-hybridized carbons (Fsp3) is 0.0769. The van der Waals surface area contributed by atoms with Gasteiger partial charge in [-0.15, -0.1) is 0 Å². The quantitative estimate of drug-likeness (QED) is 0.775. The Balaban J connectivity index is 0.00000112. The van der Waals surface area contributed by atoms with Gasteiger partial charge in [0.2, 0.25) is 0 Å². The molecular weight excluding hydrogens is 309 g/mol. The Morgan fingerprint density at radius 2 is 2.00 bits per heavy atom. The second-order valence-electron chi connectivity index (χ2n) is 3.12. The first-order valence-corrected chi connectivity index (χ1v) is 4.51. The van der Waals surface area contributed by atoms with Crippen molar-refractivity contribution in [3.8, 4) is 0 Å². The van der Waals surface area contributed by atoms with Crippen molar-refractivity contribution in [1.82, 2.24) is 4.98 Å². The Bertz CT molecular complexity index is 412. The fourth-order valence-electron chi connectivity index (χ4n) is 1.33. The summed E-state index contributed by atoms with van der Waals surface area (Å²) in [4.78, 5) is 4.23. The topological polar surface area (TPSA) is 12.9 Å². The molecule has 2 aromatic rings. The van der Waals surface area contributed by atoms with Crippen LogP contribution in [0.1, 0.15) is 17.0 Å². The maximum atomic E-state index is 5.59. The Labute approximate surface area is 119 Å². The summed E-state index contributed by atoms with van der Waals surface area (Å²) in [5.41, 5.74) is 2.68. The van der Waals surface area contributed by atoms with Gasteiger partial charge in [0.05, 0.1) is 0 Å². The van der Waals surface area contributed by atoms with Gasteiger partial charge in [-0.25, -0.2) is 0 Å². The number of benzene rings is 1. The third kappa shape index (κ3) is 3.90. The van der Waals surface area contributed by atoms with Gasteiger partial charge < -0.3 is 0 Å². The van der Waals surface area contributed by atoms with Crippen LogP contribution in [0.25, 0.3) is 0 Å². The van der Waals surface area contributed by atoms with Gasteiger partial charge in [-0.3, -0.25) is 4.98 Å². The SMILES string of the molecule is [CH]c1cccc(Cc2[c-]cccc2)n1.[La]. The molecule has 2 heteroatoms. The van der Waals surface area contributed by atoms with E-state index in [-0.39, 0.29) is 35.6 Å². The van der Waals surface area contributed by atoms with Crippen LogP contribution in [0.15, 0.2) is 42.5 Å². The first kappa shape index (κ1) is 12.6. The number of hydrogen-bond acceptors (Lipinski definition) is 1. The second-order valence-corrected chi connectivity index (χ2v) is 3.12. The molecule has 1 aromatic heterocycles. The summed E-state index contributed by atoms with van der Waals surface area (Å²) < 4.78 is 0. The van der Waals surface area contributed by atoms with Crippen molar-refractivity contribution in [2.75, 3.05) is 0 Å². The molecule has 0 bridgehead atoms. The van der Waals surface area contributed by atoms with Gasteiger partial charge in [-0.2, -0.15) is 35.9 Å². The van der Waals surface area contributed by atoms with E-state index in [0.29, 0.717) is 5.69 Å². The molecule has 0 saturated heterocycles. The maximum absolute atomic E-state index is 5.59. The molecule has 1 aromatic carbocycles. The molecule has 0 unspecified atom stereocenters. The van der Waals surface area contributed by atoms with Crippen molar-refractivity contribution in [2.24, 2.45) is 0 Å². The molecule has 0 fully saturated rings. The molecule has 0 atom stereocenters. The Hall–Kier alpha value is -0.435. The van der Waals surface area contributed by atoms with Gasteiger partial charge in [0.15, 0.2) is 0 Å². The van der Waals surface area contributed by atoms with Gasteiger partial charge in [0, 0.05) is 53.9 Å². The van der Waals surface area contributed by atoms with E-state index in [1.54, 1.807) is 6.07 Å². The monoisotopic (exact) mass is 319 g/mol. The molecule has 0 amide bonds. The normalized spacial score (nSPS) is 9.40. The number of rotatable bonds is 2. The summed E-state index contributed by atoms with van der Waals surface area (Å²) in [6.07, 6.45) is 0.784. The first-order chi connectivity index (χ1) is 6.84. The van der Waals surface area contributed by atoms with Crippen LogP contribution < -0.4 is 0 Å². The smallest absolute Gasteiger partial charge is 0.0451 e. The van der Waals surface area contributed by atoms with E-state index >= 15 is 0 Å². The summed E-state index contributed by atoms with van der Waals surface area (Å²) >= 11 is 0. The van der Waals surface area contributed by atoms with Gasteiger partial charge in [-0.1, -0.05) is 6.07 Å². The van der Waals surface area contributed by atoms with Crippen molar-refractivity contribution in [3.63, 3.8) is 0 Å². The molecule has 1 heterocycles. The molecular formula is C13H10LaN-. The van der Waals surface area contributed by atoms with Crippen LogP contribution in [0.2, 0.25) is 0 Å². The van der Waals surface area contributed by atoms with E-state index in [1.807, 2.05) is 36.4 Å². The van der Waals surface area contributed by atoms with Crippen LogP contribution in [0.5, 0.6) is 0 Å². The predicted octanol–water partition coefficient (Wildman–Crippen LogP) is 2.53. The molecule has 1 nitrogen and oxygen atoms in total. The van der Waals surface area contributed by atoms with Gasteiger partial charge in [0.25, 0.3) is 0 Å². The van der Waals surface area contributed by atoms with E-state index in [0.717, 1.165) is 17.7 Å². The number of nitrogens with zero attached hydrogens (tertiary/aromatic N) is 1. The number of pyridine rings is 1. The van der Waals surface area contributed by atoms with Crippen LogP contribution in [0.3, 0.4) is 0 Å². The molecule has 0 aliphatic heterocycles. The molecule has 0 N–H and O–H groups in total. The minimum atomic E-state index is 0. The second kappa shape index (κ2) is 6.21. The molecule has 0 saturated carbocycles. The van der Waals surface area contributed by atoms with Crippen molar-refractivity contribution in [3.05, 3.63) is 72.4 Å². The summed E-state index contributed by atoms with van der Waals surface area (Å²) in [6.45, 7) is 5.59. The molecule has 2 rings (SSSR count). The van der Waals surface area contributed by atoms with Crippen molar-refractivity contribution in [1.29, 1.82) is 0 Å². The molecule has 0 aliphatic rings. The third-order valence-corrected chi connectivity index (χ3v) is 1.97. The third-order valence-electron chi connectivity index (χ3n) is 1.97. The molecule has 71 valence electrons. The Morgan fingerprint density at radius 3 is 2.67 bits per heavy atom. The van der Waals surface area contributed by atoms with Crippen molar-refractivity contribution in [2.45, 2.75) is 6.42 Å². The summed E-state index contributed by atoms with van der Waals surface area (Å²) in [5, 5.41) is 0. The van der Waals surface area contributed by atoms with E-state index in [9.17, 15) is 0 Å².